The van der Waals surface area contributed by atoms with Crippen molar-refractivity contribution >= 4 is 28.9 Å². The van der Waals surface area contributed by atoms with Gasteiger partial charge in [0.05, 0.1) is 22.7 Å². The summed E-state index contributed by atoms with van der Waals surface area (Å²) in [7, 11) is 0. The number of aliphatic hydroxyl groups is 1. The Kier molecular flexibility index (Phi) is 6.58. The Morgan fingerprint density at radius 2 is 1.97 bits per heavy atom. The molecule has 3 aromatic rings. The molecular weight excluding hydrogens is 410 g/mol. The van der Waals surface area contributed by atoms with Gasteiger partial charge in [-0.05, 0) is 69.4 Å². The zero-order valence-electron chi connectivity index (χ0n) is 17.7. The second kappa shape index (κ2) is 9.53. The lowest BCUT2D eigenvalue weighted by atomic mass is 9.87. The van der Waals surface area contributed by atoms with Crippen LogP contribution in [0.15, 0.2) is 42.7 Å². The fraction of sp³-hybridized carbons (Fsp3) is 0.391. The maximum atomic E-state index is 12.6. The van der Waals surface area contributed by atoms with Gasteiger partial charge >= 0.3 is 0 Å². The third kappa shape index (κ3) is 5.45. The van der Waals surface area contributed by atoms with Crippen LogP contribution in [-0.4, -0.2) is 32.1 Å². The Balaban J connectivity index is 1.41. The number of carbonyl (C=O) groups is 1. The normalized spacial score (nSPS) is 19.6. The predicted octanol–water partition coefficient (Wildman–Crippen LogP) is 4.38. The molecule has 1 fully saturated rings. The minimum atomic E-state index is -0.262. The summed E-state index contributed by atoms with van der Waals surface area (Å²) in [6.45, 7) is 3.97. The molecule has 1 atom stereocenters. The number of amides is 1. The summed E-state index contributed by atoms with van der Waals surface area (Å²) >= 11 is 1.53. The van der Waals surface area contributed by atoms with Crippen LogP contribution in [0.25, 0.3) is 10.6 Å². The first-order valence-corrected chi connectivity index (χ1v) is 11.4. The number of nitrogens with one attached hydrogen (secondary N) is 2. The Morgan fingerprint density at radius 1 is 1.16 bits per heavy atom. The van der Waals surface area contributed by atoms with E-state index in [-0.39, 0.29) is 24.0 Å². The second-order valence-corrected chi connectivity index (χ2v) is 9.11. The summed E-state index contributed by atoms with van der Waals surface area (Å²) in [6, 6.07) is 9.54. The van der Waals surface area contributed by atoms with E-state index >= 15 is 0 Å². The molecule has 1 aliphatic rings. The summed E-state index contributed by atoms with van der Waals surface area (Å²) in [5, 5.41) is 16.8. The van der Waals surface area contributed by atoms with Crippen molar-refractivity contribution in [1.29, 1.82) is 0 Å². The first-order chi connectivity index (χ1) is 15.0. The maximum absolute atomic E-state index is 12.6. The number of anilines is 2. The smallest absolute Gasteiger partial charge is 0.223 e. The quantitative estimate of drug-likeness (QED) is 0.529. The van der Waals surface area contributed by atoms with Gasteiger partial charge in [0.1, 0.15) is 16.6 Å². The maximum Gasteiger partial charge on any atom is 0.223 e. The van der Waals surface area contributed by atoms with Gasteiger partial charge in [0, 0.05) is 18.3 Å². The van der Waals surface area contributed by atoms with Gasteiger partial charge in [-0.1, -0.05) is 6.07 Å². The van der Waals surface area contributed by atoms with E-state index in [0.717, 1.165) is 39.8 Å². The fourth-order valence-corrected chi connectivity index (χ4v) is 4.60. The van der Waals surface area contributed by atoms with Crippen molar-refractivity contribution in [3.8, 4) is 10.6 Å². The molecule has 1 amide bonds. The zero-order valence-corrected chi connectivity index (χ0v) is 18.5. The Hall–Kier alpha value is -2.84. The van der Waals surface area contributed by atoms with Gasteiger partial charge in [-0.2, -0.15) is 0 Å². The molecule has 0 saturated heterocycles. The second-order valence-electron chi connectivity index (χ2n) is 8.05. The molecule has 3 aromatic heterocycles. The highest BCUT2D eigenvalue weighted by atomic mass is 32.1. The molecule has 0 unspecified atom stereocenters. The number of hydrogen-bond acceptors (Lipinski definition) is 7. The molecule has 3 heterocycles. The predicted molar refractivity (Wildman–Crippen MR) is 122 cm³/mol. The van der Waals surface area contributed by atoms with E-state index in [4.69, 9.17) is 4.98 Å². The van der Waals surface area contributed by atoms with E-state index in [2.05, 4.69) is 20.6 Å². The van der Waals surface area contributed by atoms with Crippen LogP contribution in [0.5, 0.6) is 0 Å². The van der Waals surface area contributed by atoms with Gasteiger partial charge in [0.2, 0.25) is 5.91 Å². The van der Waals surface area contributed by atoms with E-state index in [1.807, 2.05) is 44.2 Å². The fourth-order valence-electron chi connectivity index (χ4n) is 3.71. The molecule has 1 aliphatic carbocycles. The summed E-state index contributed by atoms with van der Waals surface area (Å²) in [4.78, 5) is 27.0. The van der Waals surface area contributed by atoms with Gasteiger partial charge in [-0.3, -0.25) is 4.79 Å². The summed E-state index contributed by atoms with van der Waals surface area (Å²) < 4.78 is 0. The molecule has 8 heteroatoms. The third-order valence-corrected chi connectivity index (χ3v) is 6.70. The van der Waals surface area contributed by atoms with E-state index in [1.165, 1.54) is 11.3 Å². The lowest BCUT2D eigenvalue weighted by molar-refractivity contribution is -0.127. The molecule has 0 aliphatic heterocycles. The van der Waals surface area contributed by atoms with Crippen molar-refractivity contribution in [2.75, 3.05) is 5.32 Å². The van der Waals surface area contributed by atoms with Crippen molar-refractivity contribution in [1.82, 2.24) is 20.3 Å². The number of aryl methyl sites for hydroxylation is 1. The number of nitrogens with zero attached hydrogens (tertiary/aromatic N) is 3. The van der Waals surface area contributed by atoms with Crippen LogP contribution in [0, 0.1) is 12.8 Å². The minimum absolute atomic E-state index is 0.0232. The molecule has 31 heavy (non-hydrogen) atoms. The summed E-state index contributed by atoms with van der Waals surface area (Å²) in [5.74, 6) is 1.49. The zero-order chi connectivity index (χ0) is 21.8. The van der Waals surface area contributed by atoms with E-state index < -0.39 is 0 Å². The van der Waals surface area contributed by atoms with Crippen LogP contribution >= 0.6 is 11.3 Å². The third-order valence-electron chi connectivity index (χ3n) is 5.49. The number of aromatic nitrogens is 3. The average Bonchev–Trinajstić information content (AvgIpc) is 3.25. The number of rotatable bonds is 6. The highest BCUT2D eigenvalue weighted by molar-refractivity contribution is 7.15. The lowest BCUT2D eigenvalue weighted by Crippen LogP contribution is -2.35. The van der Waals surface area contributed by atoms with Crippen molar-refractivity contribution in [2.24, 2.45) is 5.92 Å². The highest BCUT2D eigenvalue weighted by Crippen LogP contribution is 2.30. The van der Waals surface area contributed by atoms with Gasteiger partial charge in [0.15, 0.2) is 0 Å². The monoisotopic (exact) mass is 437 g/mol. The van der Waals surface area contributed by atoms with Crippen LogP contribution in [0.2, 0.25) is 0 Å². The van der Waals surface area contributed by atoms with Gasteiger partial charge < -0.3 is 15.7 Å². The molecule has 162 valence electrons. The minimum Gasteiger partial charge on any atom is -0.393 e. The molecule has 0 radical (unpaired) electrons. The molecule has 3 N–H and O–H groups in total. The largest absolute Gasteiger partial charge is 0.393 e. The molecule has 4 rings (SSSR count). The first-order valence-electron chi connectivity index (χ1n) is 10.6. The van der Waals surface area contributed by atoms with Gasteiger partial charge in [0.25, 0.3) is 0 Å². The van der Waals surface area contributed by atoms with Crippen molar-refractivity contribution in [2.45, 2.75) is 51.7 Å². The Morgan fingerprint density at radius 3 is 2.74 bits per heavy atom. The Labute approximate surface area is 186 Å². The summed E-state index contributed by atoms with van der Waals surface area (Å²) in [5.41, 5.74) is 1.95. The van der Waals surface area contributed by atoms with Crippen LogP contribution < -0.4 is 10.6 Å². The van der Waals surface area contributed by atoms with Crippen LogP contribution in [0.4, 0.5) is 11.6 Å². The molecule has 0 aromatic carbocycles. The van der Waals surface area contributed by atoms with Crippen LogP contribution in [-0.2, 0) is 4.79 Å². The standard InChI is InChI=1S/C23H27N5O2S/c1-14-10-11-24-21(12-14)28-20-5-3-4-18(27-20)19-13-25-23(31-19)15(2)26-22(30)16-6-8-17(29)9-7-16/h3-5,10-13,15-17,29H,6-9H2,1-2H3,(H,26,30)(H,24,27,28)/t15-,16?,17?/m0/s1. The van der Waals surface area contributed by atoms with E-state index in [1.54, 1.807) is 12.4 Å². The van der Waals surface area contributed by atoms with Crippen LogP contribution in [0.1, 0.15) is 49.2 Å². The number of carbonyl (C=O) groups excluding carboxylic acids is 1. The van der Waals surface area contributed by atoms with Crippen LogP contribution in [0.3, 0.4) is 0 Å². The van der Waals surface area contributed by atoms with Crippen molar-refractivity contribution < 1.29 is 9.90 Å². The highest BCUT2D eigenvalue weighted by Gasteiger charge is 2.26. The SMILES string of the molecule is Cc1ccnc(Nc2cccc(-c3cnc([C@H](C)NC(=O)C4CCC(O)CC4)s3)n2)c1. The topological polar surface area (TPSA) is 100 Å². The van der Waals surface area contributed by atoms with Gasteiger partial charge in [-0.25, -0.2) is 15.0 Å². The molecular formula is C23H27N5O2S. The number of aliphatic hydroxyl groups excluding tert-OH is 1. The lowest BCUT2D eigenvalue weighted by Gasteiger charge is -2.25. The molecule has 7 nitrogen and oxygen atoms in total. The Bertz CT molecular complexity index is 1050. The van der Waals surface area contributed by atoms with E-state index in [9.17, 15) is 9.90 Å². The first kappa shape index (κ1) is 21.4. The van der Waals surface area contributed by atoms with E-state index in [0.29, 0.717) is 18.7 Å². The molecule has 0 spiro atoms. The number of pyridine rings is 2. The number of thiazole rings is 1. The summed E-state index contributed by atoms with van der Waals surface area (Å²) in [6.07, 6.45) is 6.18. The number of hydrogen-bond donors (Lipinski definition) is 3. The van der Waals surface area contributed by atoms with Crippen molar-refractivity contribution in [3.05, 3.63) is 53.3 Å². The van der Waals surface area contributed by atoms with Crippen molar-refractivity contribution in [3.63, 3.8) is 0 Å². The molecule has 0 bridgehead atoms. The molecule has 1 saturated carbocycles. The average molecular weight is 438 g/mol. The van der Waals surface area contributed by atoms with Gasteiger partial charge in [-0.15, -0.1) is 11.3 Å².